The predicted molar refractivity (Wildman–Crippen MR) is 147 cm³/mol. The first-order valence-electron chi connectivity index (χ1n) is 12.1. The maximum absolute atomic E-state index is 13.9. The van der Waals surface area contributed by atoms with Crippen molar-refractivity contribution < 1.29 is 13.2 Å². The molecule has 6 nitrogen and oxygen atoms in total. The van der Waals surface area contributed by atoms with E-state index in [0.29, 0.717) is 47.7 Å². The van der Waals surface area contributed by atoms with Gasteiger partial charge >= 0.3 is 0 Å². The van der Waals surface area contributed by atoms with E-state index < -0.39 is 10.0 Å². The van der Waals surface area contributed by atoms with Crippen LogP contribution in [0.5, 0.6) is 0 Å². The number of hydrogen-bond acceptors (Lipinski definition) is 6. The summed E-state index contributed by atoms with van der Waals surface area (Å²) >= 11 is 2.77. The molecule has 3 heterocycles. The molecule has 1 aliphatic heterocycles. The molecule has 36 heavy (non-hydrogen) atoms. The predicted octanol–water partition coefficient (Wildman–Crippen LogP) is 6.12. The zero-order chi connectivity index (χ0) is 25.3. The molecule has 2 aromatic heterocycles. The Morgan fingerprint density at radius 3 is 2.47 bits per heavy atom. The number of thiophene rings is 1. The van der Waals surface area contributed by atoms with Gasteiger partial charge < -0.3 is 0 Å². The average Bonchev–Trinajstić information content (AvgIpc) is 3.58. The second-order valence-electron chi connectivity index (χ2n) is 9.37. The number of piperidine rings is 1. The number of carbonyl (C=O) groups is 1. The summed E-state index contributed by atoms with van der Waals surface area (Å²) in [6.45, 7) is 5.42. The quantitative estimate of drug-likeness (QED) is 0.284. The lowest BCUT2D eigenvalue weighted by Gasteiger charge is -2.32. The molecule has 4 aromatic rings. The SMILES string of the molecule is CC(C)c1cccc2sc(N(Cc3ccccc3)C(=O)C3CCN(S(=O)(=O)c4cccs4)CC3)nc12. The summed E-state index contributed by atoms with van der Waals surface area (Å²) in [7, 11) is -3.50. The van der Waals surface area contributed by atoms with E-state index in [2.05, 4.69) is 26.0 Å². The van der Waals surface area contributed by atoms with Crippen LogP contribution < -0.4 is 4.90 Å². The van der Waals surface area contributed by atoms with Crippen LogP contribution in [0.15, 0.2) is 70.3 Å². The van der Waals surface area contributed by atoms with Gasteiger partial charge in [-0.3, -0.25) is 9.69 Å². The normalized spacial score (nSPS) is 15.5. The van der Waals surface area contributed by atoms with Crippen LogP contribution in [0.2, 0.25) is 0 Å². The highest BCUT2D eigenvalue weighted by molar-refractivity contribution is 7.91. The van der Waals surface area contributed by atoms with Gasteiger partial charge in [0.05, 0.1) is 16.8 Å². The van der Waals surface area contributed by atoms with Crippen molar-refractivity contribution in [3.63, 3.8) is 0 Å². The summed E-state index contributed by atoms with van der Waals surface area (Å²) < 4.78 is 28.8. The lowest BCUT2D eigenvalue weighted by Crippen LogP contribution is -2.44. The van der Waals surface area contributed by atoms with Gasteiger partial charge in [0.25, 0.3) is 10.0 Å². The van der Waals surface area contributed by atoms with Crippen molar-refractivity contribution in [3.05, 3.63) is 77.2 Å². The van der Waals surface area contributed by atoms with Gasteiger partial charge in [-0.2, -0.15) is 4.31 Å². The number of carbonyl (C=O) groups excluding carboxylic acids is 1. The first-order chi connectivity index (χ1) is 17.3. The van der Waals surface area contributed by atoms with E-state index in [1.807, 2.05) is 36.4 Å². The summed E-state index contributed by atoms with van der Waals surface area (Å²) in [5.41, 5.74) is 3.16. The third-order valence-corrected chi connectivity index (χ3v) is 10.9. The van der Waals surface area contributed by atoms with Crippen LogP contribution >= 0.6 is 22.7 Å². The largest absolute Gasteiger partial charge is 0.283 e. The van der Waals surface area contributed by atoms with Crippen molar-refractivity contribution in [1.82, 2.24) is 9.29 Å². The minimum Gasteiger partial charge on any atom is -0.283 e. The summed E-state index contributed by atoms with van der Waals surface area (Å²) in [5.74, 6) is 0.0915. The first kappa shape index (κ1) is 25.1. The van der Waals surface area contributed by atoms with Crippen LogP contribution in [0, 0.1) is 5.92 Å². The van der Waals surface area contributed by atoms with E-state index in [-0.39, 0.29) is 11.8 Å². The van der Waals surface area contributed by atoms with E-state index in [9.17, 15) is 13.2 Å². The summed E-state index contributed by atoms with van der Waals surface area (Å²) in [6, 6.07) is 19.5. The van der Waals surface area contributed by atoms with Gasteiger partial charge in [0.1, 0.15) is 4.21 Å². The van der Waals surface area contributed by atoms with Gasteiger partial charge in [-0.1, -0.05) is 73.7 Å². The molecular weight excluding hydrogens is 511 g/mol. The molecule has 9 heteroatoms. The smallest absolute Gasteiger partial charge is 0.252 e. The summed E-state index contributed by atoms with van der Waals surface area (Å²) in [5, 5.41) is 2.47. The number of fused-ring (bicyclic) bond motifs is 1. The molecule has 0 bridgehead atoms. The molecule has 0 aliphatic carbocycles. The standard InChI is InChI=1S/C27H29N3O3S3/c1-19(2)22-10-6-11-23-25(22)28-27(35-23)30(18-20-8-4-3-5-9-20)26(31)21-13-15-29(16-14-21)36(32,33)24-12-7-17-34-24/h3-12,17,19,21H,13-16,18H2,1-2H3. The highest BCUT2D eigenvalue weighted by Crippen LogP contribution is 2.36. The van der Waals surface area contributed by atoms with Gasteiger partial charge in [-0.05, 0) is 47.4 Å². The van der Waals surface area contributed by atoms with Gasteiger partial charge in [-0.25, -0.2) is 13.4 Å². The average molecular weight is 540 g/mol. The van der Waals surface area contributed by atoms with E-state index in [0.717, 1.165) is 15.8 Å². The van der Waals surface area contributed by atoms with Crippen LogP contribution in [0.1, 0.15) is 43.7 Å². The highest BCUT2D eigenvalue weighted by atomic mass is 32.2. The number of thiazole rings is 1. The van der Waals surface area contributed by atoms with Crippen molar-refractivity contribution in [1.29, 1.82) is 0 Å². The van der Waals surface area contributed by atoms with Crippen LogP contribution in [-0.4, -0.2) is 36.7 Å². The van der Waals surface area contributed by atoms with E-state index in [4.69, 9.17) is 4.98 Å². The lowest BCUT2D eigenvalue weighted by atomic mass is 9.96. The van der Waals surface area contributed by atoms with E-state index in [1.165, 1.54) is 21.2 Å². The highest BCUT2D eigenvalue weighted by Gasteiger charge is 2.35. The second kappa shape index (κ2) is 10.4. The van der Waals surface area contributed by atoms with E-state index >= 15 is 0 Å². The Morgan fingerprint density at radius 2 is 1.81 bits per heavy atom. The molecule has 5 rings (SSSR count). The van der Waals surface area contributed by atoms with E-state index in [1.54, 1.807) is 33.7 Å². The number of nitrogens with zero attached hydrogens (tertiary/aromatic N) is 3. The minimum atomic E-state index is -3.50. The fourth-order valence-corrected chi connectivity index (χ4v) is 8.27. The molecule has 0 radical (unpaired) electrons. The molecule has 1 saturated heterocycles. The number of hydrogen-bond donors (Lipinski definition) is 0. The Hall–Kier alpha value is -2.59. The number of anilines is 1. The Morgan fingerprint density at radius 1 is 1.06 bits per heavy atom. The number of sulfonamides is 1. The Kier molecular flexibility index (Phi) is 7.25. The zero-order valence-electron chi connectivity index (χ0n) is 20.3. The van der Waals surface area contributed by atoms with Crippen LogP contribution in [-0.2, 0) is 21.4 Å². The first-order valence-corrected chi connectivity index (χ1v) is 15.3. The lowest BCUT2D eigenvalue weighted by molar-refractivity contribution is -0.123. The molecule has 0 N–H and O–H groups in total. The Balaban J connectivity index is 1.41. The molecule has 188 valence electrons. The third kappa shape index (κ3) is 4.98. The fourth-order valence-electron chi connectivity index (χ4n) is 4.65. The summed E-state index contributed by atoms with van der Waals surface area (Å²) in [6.07, 6.45) is 0.994. The zero-order valence-corrected chi connectivity index (χ0v) is 22.8. The molecule has 1 aliphatic rings. The van der Waals surface area contributed by atoms with Crippen molar-refractivity contribution >= 4 is 54.0 Å². The Bertz CT molecular complexity index is 1440. The number of aromatic nitrogens is 1. The molecule has 1 amide bonds. The topological polar surface area (TPSA) is 70.6 Å². The maximum Gasteiger partial charge on any atom is 0.252 e. The van der Waals surface area contributed by atoms with Gasteiger partial charge in [0.15, 0.2) is 5.13 Å². The Labute approximate surface area is 220 Å². The van der Waals surface area contributed by atoms with Crippen LogP contribution in [0.3, 0.4) is 0 Å². The van der Waals surface area contributed by atoms with Gasteiger partial charge in [-0.15, -0.1) is 11.3 Å². The van der Waals surface area contributed by atoms with Crippen molar-refractivity contribution in [2.24, 2.45) is 5.92 Å². The minimum absolute atomic E-state index is 0.0113. The summed E-state index contributed by atoms with van der Waals surface area (Å²) in [4.78, 5) is 20.7. The molecular formula is C27H29N3O3S3. The molecule has 0 atom stereocenters. The van der Waals surface area contributed by atoms with Crippen molar-refractivity contribution in [2.45, 2.75) is 43.4 Å². The maximum atomic E-state index is 13.9. The number of benzene rings is 2. The number of para-hydroxylation sites is 1. The van der Waals surface area contributed by atoms with Crippen LogP contribution in [0.25, 0.3) is 10.2 Å². The van der Waals surface area contributed by atoms with Crippen molar-refractivity contribution in [2.75, 3.05) is 18.0 Å². The molecule has 0 spiro atoms. The monoisotopic (exact) mass is 539 g/mol. The molecule has 0 unspecified atom stereocenters. The molecule has 1 fully saturated rings. The molecule has 2 aromatic carbocycles. The third-order valence-electron chi connectivity index (χ3n) is 6.63. The second-order valence-corrected chi connectivity index (χ2v) is 13.5. The fraction of sp³-hybridized carbons (Fsp3) is 0.333. The van der Waals surface area contributed by atoms with Crippen LogP contribution in [0.4, 0.5) is 5.13 Å². The van der Waals surface area contributed by atoms with Gasteiger partial charge in [0, 0.05) is 19.0 Å². The van der Waals surface area contributed by atoms with Crippen molar-refractivity contribution in [3.8, 4) is 0 Å². The molecule has 0 saturated carbocycles. The number of amides is 1. The number of rotatable bonds is 7. The van der Waals surface area contributed by atoms with Gasteiger partial charge in [0.2, 0.25) is 5.91 Å².